The molecule has 0 saturated carbocycles. The number of benzene rings is 3. The Morgan fingerprint density at radius 1 is 0.951 bits per heavy atom. The van der Waals surface area contributed by atoms with Crippen molar-refractivity contribution in [3.63, 3.8) is 0 Å². The Kier molecular flexibility index (Phi) is 6.29. The molecule has 0 bridgehead atoms. The van der Waals surface area contributed by atoms with Crippen LogP contribution in [0.3, 0.4) is 0 Å². The highest BCUT2D eigenvalue weighted by Crippen LogP contribution is 2.45. The van der Waals surface area contributed by atoms with Gasteiger partial charge in [0.15, 0.2) is 11.5 Å². The first-order valence-electron chi connectivity index (χ1n) is 13.1. The molecule has 1 saturated heterocycles. The molecule has 0 unspecified atom stereocenters. The number of para-hydroxylation sites is 1. The molecule has 1 N–H and O–H groups in total. The first-order valence-corrected chi connectivity index (χ1v) is 14.7. The number of ether oxygens (including phenoxy) is 2. The van der Waals surface area contributed by atoms with E-state index in [1.807, 2.05) is 42.5 Å². The maximum atomic E-state index is 13.4. The number of thiophene rings is 1. The number of hydrogen-bond donors (Lipinski definition) is 1. The van der Waals surface area contributed by atoms with E-state index in [1.165, 1.54) is 16.2 Å². The molecule has 204 valence electrons. The molecule has 3 amide bonds. The van der Waals surface area contributed by atoms with Crippen LogP contribution in [0.4, 0.5) is 10.7 Å². The lowest BCUT2D eigenvalue weighted by atomic mass is 10.1. The van der Waals surface area contributed by atoms with E-state index in [9.17, 15) is 14.4 Å². The highest BCUT2D eigenvalue weighted by molar-refractivity contribution is 7.23. The Hall–Kier alpha value is -4.54. The van der Waals surface area contributed by atoms with Crippen molar-refractivity contribution in [1.29, 1.82) is 0 Å². The van der Waals surface area contributed by atoms with E-state index in [0.717, 1.165) is 53.3 Å². The maximum Gasteiger partial charge on any atom is 0.256 e. The number of carbonyl (C=O) groups excluding carboxylic acids is 3. The van der Waals surface area contributed by atoms with Crippen LogP contribution in [0.25, 0.3) is 20.8 Å². The smallest absolute Gasteiger partial charge is 0.256 e. The monoisotopic (exact) mass is 581 g/mol. The van der Waals surface area contributed by atoms with Crippen molar-refractivity contribution in [2.24, 2.45) is 0 Å². The van der Waals surface area contributed by atoms with Gasteiger partial charge >= 0.3 is 0 Å². The third kappa shape index (κ3) is 4.64. The van der Waals surface area contributed by atoms with E-state index >= 15 is 0 Å². The zero-order valence-corrected chi connectivity index (χ0v) is 23.6. The van der Waals surface area contributed by atoms with E-state index in [1.54, 1.807) is 35.6 Å². The topological polar surface area (TPSA) is 97.8 Å². The van der Waals surface area contributed by atoms with Gasteiger partial charge < -0.3 is 14.8 Å². The molecule has 0 radical (unpaired) electrons. The van der Waals surface area contributed by atoms with Gasteiger partial charge in [-0.05, 0) is 66.6 Å². The number of fused-ring (bicyclic) bond motifs is 2. The Bertz CT molecular complexity index is 1810. The number of nitrogens with one attached hydrogen (secondary N) is 1. The fourth-order valence-electron chi connectivity index (χ4n) is 5.09. The van der Waals surface area contributed by atoms with Crippen LogP contribution in [0.1, 0.15) is 39.2 Å². The molecule has 2 aliphatic heterocycles. The second kappa shape index (κ2) is 10.1. The molecule has 7 rings (SSSR count). The molecule has 8 nitrogen and oxygen atoms in total. The largest absolute Gasteiger partial charge is 0.454 e. The van der Waals surface area contributed by atoms with Gasteiger partial charge in [-0.15, -0.1) is 22.7 Å². The normalized spacial score (nSPS) is 14.3. The van der Waals surface area contributed by atoms with Gasteiger partial charge in [0.25, 0.3) is 5.91 Å². The predicted octanol–water partition coefficient (Wildman–Crippen LogP) is 6.56. The number of imide groups is 1. The van der Waals surface area contributed by atoms with Crippen LogP contribution >= 0.6 is 22.7 Å². The summed E-state index contributed by atoms with van der Waals surface area (Å²) in [6, 6.07) is 20.5. The van der Waals surface area contributed by atoms with E-state index in [0.29, 0.717) is 17.7 Å². The molecule has 3 aromatic carbocycles. The first kappa shape index (κ1) is 25.4. The number of rotatable bonds is 6. The Morgan fingerprint density at radius 2 is 1.71 bits per heavy atom. The molecule has 1 fully saturated rings. The van der Waals surface area contributed by atoms with Gasteiger partial charge in [0.1, 0.15) is 10.0 Å². The fourth-order valence-corrected chi connectivity index (χ4v) is 7.47. The SMILES string of the molecule is Cc1c(Cc2ccc3c(c2)OCO3)sc(NC(=O)c2ccc(N3C(=O)CCC3=O)cc2)c1-c1nc2ccccc2s1. The van der Waals surface area contributed by atoms with Gasteiger partial charge in [-0.2, -0.15) is 0 Å². The second-order valence-electron chi connectivity index (χ2n) is 9.83. The van der Waals surface area contributed by atoms with Gasteiger partial charge in [-0.1, -0.05) is 18.2 Å². The summed E-state index contributed by atoms with van der Waals surface area (Å²) in [5, 5.41) is 4.68. The minimum atomic E-state index is -0.283. The second-order valence-corrected chi connectivity index (χ2v) is 12.0. The summed E-state index contributed by atoms with van der Waals surface area (Å²) in [6.45, 7) is 2.29. The Labute approximate surface area is 243 Å². The molecular weight excluding hydrogens is 558 g/mol. The number of anilines is 2. The van der Waals surface area contributed by atoms with Gasteiger partial charge in [-0.3, -0.25) is 19.3 Å². The molecule has 10 heteroatoms. The molecule has 0 spiro atoms. The average molecular weight is 582 g/mol. The fraction of sp³-hybridized carbons (Fsp3) is 0.161. The molecule has 2 aromatic heterocycles. The zero-order chi connectivity index (χ0) is 28.1. The summed E-state index contributed by atoms with van der Waals surface area (Å²) in [6.07, 6.45) is 1.08. The van der Waals surface area contributed by atoms with E-state index in [2.05, 4.69) is 12.2 Å². The average Bonchev–Trinajstić information content (AvgIpc) is 3.75. The van der Waals surface area contributed by atoms with Crippen LogP contribution in [-0.4, -0.2) is 29.5 Å². The van der Waals surface area contributed by atoms with Crippen molar-refractivity contribution < 1.29 is 23.9 Å². The van der Waals surface area contributed by atoms with Crippen LogP contribution in [-0.2, 0) is 16.0 Å². The number of aromatic nitrogens is 1. The minimum absolute atomic E-state index is 0.210. The van der Waals surface area contributed by atoms with Crippen LogP contribution in [0.2, 0.25) is 0 Å². The van der Waals surface area contributed by atoms with Gasteiger partial charge in [0.05, 0.1) is 15.9 Å². The molecule has 5 aromatic rings. The molecule has 4 heterocycles. The highest BCUT2D eigenvalue weighted by atomic mass is 32.1. The van der Waals surface area contributed by atoms with E-state index in [4.69, 9.17) is 14.5 Å². The molecular formula is C31H23N3O5S2. The summed E-state index contributed by atoms with van der Waals surface area (Å²) in [7, 11) is 0. The number of thiazole rings is 1. The third-order valence-electron chi connectivity index (χ3n) is 7.22. The van der Waals surface area contributed by atoms with Crippen LogP contribution in [0, 0.1) is 6.92 Å². The summed E-state index contributed by atoms with van der Waals surface area (Å²) in [4.78, 5) is 44.8. The minimum Gasteiger partial charge on any atom is -0.454 e. The summed E-state index contributed by atoms with van der Waals surface area (Å²) >= 11 is 3.12. The van der Waals surface area contributed by atoms with Gasteiger partial charge in [0.2, 0.25) is 18.6 Å². The lowest BCUT2D eigenvalue weighted by Gasteiger charge is -2.14. The van der Waals surface area contributed by atoms with Crippen molar-refractivity contribution >= 4 is 61.3 Å². The zero-order valence-electron chi connectivity index (χ0n) is 21.9. The van der Waals surface area contributed by atoms with Crippen molar-refractivity contribution in [3.05, 3.63) is 88.3 Å². The maximum absolute atomic E-state index is 13.4. The van der Waals surface area contributed by atoms with E-state index in [-0.39, 0.29) is 37.4 Å². The quantitative estimate of drug-likeness (QED) is 0.228. The highest BCUT2D eigenvalue weighted by Gasteiger charge is 2.30. The lowest BCUT2D eigenvalue weighted by Crippen LogP contribution is -2.28. The Balaban J connectivity index is 1.22. The molecule has 0 aliphatic carbocycles. The predicted molar refractivity (Wildman–Crippen MR) is 159 cm³/mol. The summed E-state index contributed by atoms with van der Waals surface area (Å²) in [5.74, 6) is 0.740. The number of amides is 3. The van der Waals surface area contributed by atoms with Crippen LogP contribution < -0.4 is 19.7 Å². The van der Waals surface area contributed by atoms with Crippen molar-refractivity contribution in [1.82, 2.24) is 4.98 Å². The van der Waals surface area contributed by atoms with Gasteiger partial charge in [-0.25, -0.2) is 4.98 Å². The van der Waals surface area contributed by atoms with Gasteiger partial charge in [0, 0.05) is 35.3 Å². The molecule has 41 heavy (non-hydrogen) atoms. The lowest BCUT2D eigenvalue weighted by molar-refractivity contribution is -0.121. The summed E-state index contributed by atoms with van der Waals surface area (Å²) in [5.41, 5.74) is 4.85. The first-order chi connectivity index (χ1) is 19.9. The number of nitrogens with zero attached hydrogens (tertiary/aromatic N) is 2. The van der Waals surface area contributed by atoms with Crippen molar-refractivity contribution in [2.75, 3.05) is 17.0 Å². The van der Waals surface area contributed by atoms with Crippen molar-refractivity contribution in [3.8, 4) is 22.1 Å². The number of carbonyl (C=O) groups is 3. The van der Waals surface area contributed by atoms with Crippen LogP contribution in [0.15, 0.2) is 66.7 Å². The molecule has 2 aliphatic rings. The number of hydrogen-bond acceptors (Lipinski definition) is 8. The standard InChI is InChI=1S/C31H23N3O5S2/c1-17-25(15-18-6-11-22-23(14-18)39-16-38-22)41-31(28(17)30-32-21-4-2-3-5-24(21)40-30)33-29(37)19-7-9-20(10-8-19)34-26(35)12-13-27(34)36/h2-11,14H,12-13,15-16H2,1H3,(H,33,37). The Morgan fingerprint density at radius 3 is 2.49 bits per heavy atom. The summed E-state index contributed by atoms with van der Waals surface area (Å²) < 4.78 is 12.1. The van der Waals surface area contributed by atoms with Crippen LogP contribution in [0.5, 0.6) is 11.5 Å². The van der Waals surface area contributed by atoms with E-state index < -0.39 is 0 Å². The van der Waals surface area contributed by atoms with Crippen molar-refractivity contribution in [2.45, 2.75) is 26.2 Å². The molecule has 0 atom stereocenters. The third-order valence-corrected chi connectivity index (χ3v) is 9.48.